The van der Waals surface area contributed by atoms with Gasteiger partial charge in [0.25, 0.3) is 0 Å². The van der Waals surface area contributed by atoms with Crippen LogP contribution in [0.4, 0.5) is 26.3 Å². The molecule has 2 rings (SSSR count). The van der Waals surface area contributed by atoms with Crippen molar-refractivity contribution in [2.75, 3.05) is 5.75 Å². The van der Waals surface area contributed by atoms with Crippen molar-refractivity contribution in [1.82, 2.24) is 4.72 Å². The van der Waals surface area contributed by atoms with Crippen LogP contribution in [-0.2, 0) is 0 Å². The van der Waals surface area contributed by atoms with E-state index >= 15 is 0 Å². The second-order valence-corrected chi connectivity index (χ2v) is 11.5. The first-order valence-electron chi connectivity index (χ1n) is 16.1. The van der Waals surface area contributed by atoms with Gasteiger partial charge in [-0.25, -0.2) is 0 Å². The molecule has 264 valence electrons. The van der Waals surface area contributed by atoms with Crippen molar-refractivity contribution < 1.29 is 26.3 Å². The van der Waals surface area contributed by atoms with E-state index in [9.17, 15) is 26.3 Å². The Morgan fingerprint density at radius 1 is 0.958 bits per heavy atom. The van der Waals surface area contributed by atoms with E-state index in [-0.39, 0.29) is 17.2 Å². The highest BCUT2D eigenvalue weighted by atomic mass is 32.2. The molecule has 48 heavy (non-hydrogen) atoms. The van der Waals surface area contributed by atoms with Crippen LogP contribution < -0.4 is 4.72 Å². The monoisotopic (exact) mass is 691 g/mol. The Morgan fingerprint density at radius 2 is 1.58 bits per heavy atom. The molecule has 2 atom stereocenters. The molecule has 1 nitrogen and oxygen atoms in total. The second-order valence-electron chi connectivity index (χ2n) is 10.6. The summed E-state index contributed by atoms with van der Waals surface area (Å²) < 4.78 is 81.9. The number of hydrogen-bond acceptors (Lipinski definition) is 2. The van der Waals surface area contributed by atoms with E-state index in [0.717, 1.165) is 35.4 Å². The minimum absolute atomic E-state index is 0.0592. The molecule has 2 aliphatic carbocycles. The average molecular weight is 692 g/mol. The molecule has 2 unspecified atom stereocenters. The van der Waals surface area contributed by atoms with E-state index < -0.39 is 23.5 Å². The van der Waals surface area contributed by atoms with Gasteiger partial charge in [0, 0.05) is 22.9 Å². The molecule has 0 heterocycles. The van der Waals surface area contributed by atoms with Crippen molar-refractivity contribution >= 4 is 11.9 Å². The molecule has 0 aromatic rings. The molecular weight excluding hydrogens is 641 g/mol. The molecule has 0 bridgehead atoms. The zero-order valence-corrected chi connectivity index (χ0v) is 29.8. The number of halogens is 6. The van der Waals surface area contributed by atoms with Gasteiger partial charge in [0.2, 0.25) is 0 Å². The lowest BCUT2D eigenvalue weighted by Crippen LogP contribution is -2.22. The summed E-state index contributed by atoms with van der Waals surface area (Å²) in [6, 6.07) is 0. The first kappa shape index (κ1) is 44.4. The van der Waals surface area contributed by atoms with Crippen LogP contribution in [0.15, 0.2) is 150 Å². The molecule has 8 heteroatoms. The minimum Gasteiger partial charge on any atom is -0.334 e. The third kappa shape index (κ3) is 16.0. The number of unbranched alkanes of at least 4 members (excludes halogenated alkanes) is 1. The fourth-order valence-electron chi connectivity index (χ4n) is 4.24. The van der Waals surface area contributed by atoms with Gasteiger partial charge >= 0.3 is 12.4 Å². The summed E-state index contributed by atoms with van der Waals surface area (Å²) in [6.07, 6.45) is 11.4. The van der Waals surface area contributed by atoms with Crippen LogP contribution in [0.2, 0.25) is 0 Å². The predicted molar refractivity (Wildman–Crippen MR) is 196 cm³/mol. The van der Waals surface area contributed by atoms with Gasteiger partial charge in [-0.1, -0.05) is 115 Å². The Morgan fingerprint density at radius 3 is 2.10 bits per heavy atom. The maximum atomic E-state index is 13.2. The number of hydrogen-bond donors (Lipinski definition) is 1. The molecular formula is C40H51F6NS. The predicted octanol–water partition coefficient (Wildman–Crippen LogP) is 13.5. The lowest BCUT2D eigenvalue weighted by Gasteiger charge is -2.28. The molecule has 0 aromatic carbocycles. The van der Waals surface area contributed by atoms with Crippen molar-refractivity contribution in [2.45, 2.75) is 79.1 Å². The molecule has 0 aromatic heterocycles. The minimum atomic E-state index is -4.96. The molecule has 0 aliphatic heterocycles. The van der Waals surface area contributed by atoms with Crippen molar-refractivity contribution in [2.24, 2.45) is 11.8 Å². The highest BCUT2D eigenvalue weighted by Crippen LogP contribution is 2.36. The first-order valence-corrected chi connectivity index (χ1v) is 17.1. The standard InChI is InChI=1S/C24H22F6.C14H23NS.C2H6/c1-6-16(4)19(13-18(7-2)8-3)10-9-17(5)20-11-12-21(23(25,26)27)15-22(14-20)24(28,29)30;1-4-6-11-16-15-12(3)14-10-8-7-9-13(14)5-2;1-2/h7-10,12-15H,2,4-6H2,1,3H3;5,7-8,13-15H,2-4,6,9-11H2,1H3;1-2H3/b10-9-,18-8-,19-13-;;. The number of alkyl halides is 6. The molecule has 1 N–H and O–H groups in total. The molecule has 0 radical (unpaired) electrons. The van der Waals surface area contributed by atoms with Crippen molar-refractivity contribution in [3.05, 3.63) is 150 Å². The molecule has 2 aliphatic rings. The van der Waals surface area contributed by atoms with Crippen molar-refractivity contribution in [1.29, 1.82) is 0 Å². The summed E-state index contributed by atoms with van der Waals surface area (Å²) in [5, 5.41) is 0. The van der Waals surface area contributed by atoms with E-state index in [1.807, 2.05) is 33.8 Å². The Hall–Kier alpha value is -3.61. The van der Waals surface area contributed by atoms with Crippen molar-refractivity contribution in [3.63, 3.8) is 0 Å². The second kappa shape index (κ2) is 22.9. The Balaban J connectivity index is 0.00000103. The van der Waals surface area contributed by atoms with Gasteiger partial charge in [0.15, 0.2) is 0 Å². The van der Waals surface area contributed by atoms with Crippen LogP contribution in [0, 0.1) is 11.8 Å². The Bertz CT molecular complexity index is 1370. The third-order valence-corrected chi connectivity index (χ3v) is 8.12. The number of nitrogens with one attached hydrogen (secondary N) is 1. The summed E-state index contributed by atoms with van der Waals surface area (Å²) in [7, 11) is 0. The third-order valence-electron chi connectivity index (χ3n) is 7.22. The normalized spacial score (nSPS) is 18.2. The van der Waals surface area contributed by atoms with Crippen LogP contribution in [0.3, 0.4) is 0 Å². The number of allylic oxidation sites excluding steroid dienone is 18. The zero-order valence-electron chi connectivity index (χ0n) is 29.0. The zero-order chi connectivity index (χ0) is 36.9. The quantitative estimate of drug-likeness (QED) is 0.0486. The van der Waals surface area contributed by atoms with Gasteiger partial charge in [-0.2, -0.15) is 26.3 Å². The van der Waals surface area contributed by atoms with Gasteiger partial charge in [-0.15, -0.1) is 12.3 Å². The fourth-order valence-corrected chi connectivity index (χ4v) is 5.11. The largest absolute Gasteiger partial charge is 0.417 e. The summed E-state index contributed by atoms with van der Waals surface area (Å²) >= 11 is 1.78. The fraction of sp³-hybridized carbons (Fsp3) is 0.375. The summed E-state index contributed by atoms with van der Waals surface area (Å²) in [6.45, 7) is 29.3. The van der Waals surface area contributed by atoms with Crippen LogP contribution in [0.5, 0.6) is 0 Å². The molecule has 0 spiro atoms. The van der Waals surface area contributed by atoms with Crippen LogP contribution in [0.25, 0.3) is 0 Å². The van der Waals surface area contributed by atoms with Crippen molar-refractivity contribution in [3.8, 4) is 0 Å². The van der Waals surface area contributed by atoms with Crippen LogP contribution in [0.1, 0.15) is 66.7 Å². The number of rotatable bonds is 14. The van der Waals surface area contributed by atoms with Gasteiger partial charge in [0.05, 0.1) is 11.1 Å². The molecule has 0 fully saturated rings. The van der Waals surface area contributed by atoms with E-state index in [1.54, 1.807) is 30.2 Å². The lowest BCUT2D eigenvalue weighted by molar-refractivity contribution is -0.0933. The SMILES string of the molecule is C=CC(=C/C)/C=C(/C=C\C(=C)C1=C=CC(C(F)(F)F)=CC(C(F)(F)F)=C1)C(=C)CC.C=CC1CC=CCC1C(=C)NSCCCC.CC. The van der Waals surface area contributed by atoms with E-state index in [0.29, 0.717) is 36.0 Å². The summed E-state index contributed by atoms with van der Waals surface area (Å²) in [4.78, 5) is 0. The van der Waals surface area contributed by atoms with Gasteiger partial charge in [-0.05, 0) is 85.1 Å². The highest BCUT2D eigenvalue weighted by molar-refractivity contribution is 7.97. The lowest BCUT2D eigenvalue weighted by atomic mass is 9.81. The molecule has 0 saturated carbocycles. The maximum absolute atomic E-state index is 13.2. The molecule has 0 saturated heterocycles. The Kier molecular flexibility index (Phi) is 21.1. The topological polar surface area (TPSA) is 12.0 Å². The van der Waals surface area contributed by atoms with Gasteiger partial charge in [0.1, 0.15) is 0 Å². The maximum Gasteiger partial charge on any atom is 0.417 e. The summed E-state index contributed by atoms with van der Waals surface area (Å²) in [5.41, 5.74) is 2.69. The first-order chi connectivity index (χ1) is 22.6. The van der Waals surface area contributed by atoms with E-state index in [4.69, 9.17) is 0 Å². The van der Waals surface area contributed by atoms with Gasteiger partial charge < -0.3 is 4.72 Å². The highest BCUT2D eigenvalue weighted by Gasteiger charge is 2.38. The Labute approximate surface area is 289 Å². The smallest absolute Gasteiger partial charge is 0.334 e. The van der Waals surface area contributed by atoms with Crippen LogP contribution in [-0.4, -0.2) is 18.1 Å². The van der Waals surface area contributed by atoms with E-state index in [2.05, 4.69) is 68.5 Å². The van der Waals surface area contributed by atoms with E-state index in [1.165, 1.54) is 18.9 Å². The summed E-state index contributed by atoms with van der Waals surface area (Å²) in [5.74, 6) is 2.24. The molecule has 0 amide bonds. The van der Waals surface area contributed by atoms with Crippen LogP contribution >= 0.6 is 11.9 Å². The average Bonchev–Trinajstić information content (AvgIpc) is 3.32. The van der Waals surface area contributed by atoms with Gasteiger partial charge in [-0.3, -0.25) is 0 Å².